The standard InChI is InChI=1S/C13H17NO3S2/c1-4-11-14(10(6-18-11)13(16)17)12(15)9-5-7(2)19-8(9)3/h5,10-11H,4,6H2,1-3H3,(H,16,17). The van der Waals surface area contributed by atoms with Gasteiger partial charge in [0.05, 0.1) is 10.9 Å². The molecule has 1 saturated heterocycles. The molecule has 2 rings (SSSR count). The molecule has 104 valence electrons. The molecule has 1 N–H and O–H groups in total. The van der Waals surface area contributed by atoms with Crippen molar-refractivity contribution in [3.05, 3.63) is 21.4 Å². The van der Waals surface area contributed by atoms with Crippen molar-refractivity contribution in [3.8, 4) is 0 Å². The van der Waals surface area contributed by atoms with Crippen LogP contribution in [0.3, 0.4) is 0 Å². The van der Waals surface area contributed by atoms with E-state index in [4.69, 9.17) is 0 Å². The zero-order valence-electron chi connectivity index (χ0n) is 11.2. The number of aliphatic carboxylic acids is 1. The summed E-state index contributed by atoms with van der Waals surface area (Å²) in [6.45, 7) is 5.85. The number of carboxylic acids is 1. The van der Waals surface area contributed by atoms with Gasteiger partial charge in [0.1, 0.15) is 6.04 Å². The fourth-order valence-electron chi connectivity index (χ4n) is 2.32. The Labute approximate surface area is 120 Å². The Kier molecular flexibility index (Phi) is 4.20. The summed E-state index contributed by atoms with van der Waals surface area (Å²) < 4.78 is 0. The largest absolute Gasteiger partial charge is 0.480 e. The first kappa shape index (κ1) is 14.4. The van der Waals surface area contributed by atoms with E-state index in [0.717, 1.165) is 16.2 Å². The number of thiophene rings is 1. The maximum atomic E-state index is 12.6. The van der Waals surface area contributed by atoms with Gasteiger partial charge in [0.25, 0.3) is 5.91 Å². The Balaban J connectivity index is 2.33. The van der Waals surface area contributed by atoms with Crippen molar-refractivity contribution in [1.29, 1.82) is 0 Å². The zero-order chi connectivity index (χ0) is 14.2. The van der Waals surface area contributed by atoms with E-state index in [9.17, 15) is 14.7 Å². The summed E-state index contributed by atoms with van der Waals surface area (Å²) >= 11 is 3.12. The first-order valence-electron chi connectivity index (χ1n) is 6.19. The first-order valence-corrected chi connectivity index (χ1v) is 8.06. The van der Waals surface area contributed by atoms with Crippen LogP contribution in [0.1, 0.15) is 33.5 Å². The van der Waals surface area contributed by atoms with Crippen LogP contribution in [0.5, 0.6) is 0 Å². The second kappa shape index (κ2) is 5.54. The Morgan fingerprint density at radius 3 is 2.63 bits per heavy atom. The van der Waals surface area contributed by atoms with Gasteiger partial charge in [-0.05, 0) is 26.3 Å². The van der Waals surface area contributed by atoms with E-state index in [1.165, 1.54) is 0 Å². The number of hydrogen-bond donors (Lipinski definition) is 1. The van der Waals surface area contributed by atoms with Gasteiger partial charge in [-0.2, -0.15) is 0 Å². The van der Waals surface area contributed by atoms with Gasteiger partial charge in [-0.3, -0.25) is 4.79 Å². The zero-order valence-corrected chi connectivity index (χ0v) is 12.8. The SMILES string of the molecule is CCC1SCC(C(=O)O)N1C(=O)c1cc(C)sc1C. The van der Waals surface area contributed by atoms with Crippen molar-refractivity contribution < 1.29 is 14.7 Å². The van der Waals surface area contributed by atoms with E-state index >= 15 is 0 Å². The van der Waals surface area contributed by atoms with E-state index in [1.807, 2.05) is 26.8 Å². The van der Waals surface area contributed by atoms with Gasteiger partial charge in [0, 0.05) is 15.5 Å². The lowest BCUT2D eigenvalue weighted by molar-refractivity contribution is -0.141. The molecule has 2 heterocycles. The molecule has 6 heteroatoms. The predicted octanol–water partition coefficient (Wildman–Crippen LogP) is 2.74. The Bertz CT molecular complexity index is 512. The lowest BCUT2D eigenvalue weighted by Gasteiger charge is -2.26. The van der Waals surface area contributed by atoms with Crippen LogP contribution in [0.2, 0.25) is 0 Å². The number of carboxylic acid groups (broad SMARTS) is 1. The van der Waals surface area contributed by atoms with Crippen LogP contribution in [0.4, 0.5) is 0 Å². The van der Waals surface area contributed by atoms with Crippen LogP contribution in [0, 0.1) is 13.8 Å². The average Bonchev–Trinajstić information content (AvgIpc) is 2.91. The third-order valence-corrected chi connectivity index (χ3v) is 5.65. The maximum absolute atomic E-state index is 12.6. The first-order chi connectivity index (χ1) is 8.95. The summed E-state index contributed by atoms with van der Waals surface area (Å²) in [7, 11) is 0. The third-order valence-electron chi connectivity index (χ3n) is 3.23. The van der Waals surface area contributed by atoms with Crippen LogP contribution >= 0.6 is 23.1 Å². The Hall–Kier alpha value is -1.01. The van der Waals surface area contributed by atoms with Crippen molar-refractivity contribution in [1.82, 2.24) is 4.90 Å². The molecule has 0 bridgehead atoms. The Morgan fingerprint density at radius 2 is 2.16 bits per heavy atom. The second-order valence-electron chi connectivity index (χ2n) is 4.59. The number of rotatable bonds is 3. The normalized spacial score (nSPS) is 22.8. The molecule has 0 aromatic carbocycles. The fourth-order valence-corrected chi connectivity index (χ4v) is 4.59. The van der Waals surface area contributed by atoms with Crippen LogP contribution < -0.4 is 0 Å². The van der Waals surface area contributed by atoms with Gasteiger partial charge in [-0.25, -0.2) is 4.79 Å². The number of carbonyl (C=O) groups is 2. The molecule has 1 aliphatic heterocycles. The molecule has 0 aliphatic carbocycles. The molecule has 1 aromatic rings. The molecule has 4 nitrogen and oxygen atoms in total. The molecule has 2 atom stereocenters. The summed E-state index contributed by atoms with van der Waals surface area (Å²) in [5, 5.41) is 9.23. The van der Waals surface area contributed by atoms with Crippen molar-refractivity contribution in [3.63, 3.8) is 0 Å². The van der Waals surface area contributed by atoms with E-state index in [2.05, 4.69) is 0 Å². The molecular weight excluding hydrogens is 282 g/mol. The second-order valence-corrected chi connectivity index (χ2v) is 7.26. The number of carbonyl (C=O) groups excluding carboxylic acids is 1. The minimum atomic E-state index is -0.915. The van der Waals surface area contributed by atoms with Crippen molar-refractivity contribution in [2.24, 2.45) is 0 Å². The van der Waals surface area contributed by atoms with Gasteiger partial charge in [-0.15, -0.1) is 23.1 Å². The number of hydrogen-bond acceptors (Lipinski definition) is 4. The van der Waals surface area contributed by atoms with Crippen LogP contribution in [0.25, 0.3) is 0 Å². The van der Waals surface area contributed by atoms with Crippen molar-refractivity contribution >= 4 is 35.0 Å². The molecular formula is C13H17NO3S2. The van der Waals surface area contributed by atoms with E-state index in [0.29, 0.717) is 11.3 Å². The van der Waals surface area contributed by atoms with Crippen LogP contribution in [-0.4, -0.2) is 39.1 Å². The highest BCUT2D eigenvalue weighted by Crippen LogP contribution is 2.34. The highest BCUT2D eigenvalue weighted by atomic mass is 32.2. The molecule has 2 unspecified atom stereocenters. The van der Waals surface area contributed by atoms with Gasteiger partial charge < -0.3 is 10.0 Å². The molecule has 1 aromatic heterocycles. The molecule has 19 heavy (non-hydrogen) atoms. The van der Waals surface area contributed by atoms with E-state index in [1.54, 1.807) is 28.0 Å². The molecule has 1 aliphatic rings. The topological polar surface area (TPSA) is 57.6 Å². The minimum Gasteiger partial charge on any atom is -0.480 e. The summed E-state index contributed by atoms with van der Waals surface area (Å²) in [6.07, 6.45) is 0.766. The van der Waals surface area contributed by atoms with Crippen LogP contribution in [0.15, 0.2) is 6.07 Å². The number of thioether (sulfide) groups is 1. The highest BCUT2D eigenvalue weighted by molar-refractivity contribution is 8.00. The highest BCUT2D eigenvalue weighted by Gasteiger charge is 2.41. The minimum absolute atomic E-state index is 0.0341. The van der Waals surface area contributed by atoms with Crippen molar-refractivity contribution in [2.45, 2.75) is 38.6 Å². The summed E-state index contributed by atoms with van der Waals surface area (Å²) in [6, 6.07) is 1.15. The lowest BCUT2D eigenvalue weighted by Crippen LogP contribution is -2.45. The summed E-state index contributed by atoms with van der Waals surface area (Å²) in [5.74, 6) is -0.589. The molecule has 1 amide bonds. The van der Waals surface area contributed by atoms with Gasteiger partial charge in [0.15, 0.2) is 0 Å². The van der Waals surface area contributed by atoms with Gasteiger partial charge in [-0.1, -0.05) is 6.92 Å². The average molecular weight is 299 g/mol. The third kappa shape index (κ3) is 2.65. The van der Waals surface area contributed by atoms with Gasteiger partial charge >= 0.3 is 5.97 Å². The fraction of sp³-hybridized carbons (Fsp3) is 0.538. The van der Waals surface area contributed by atoms with E-state index < -0.39 is 12.0 Å². The quantitative estimate of drug-likeness (QED) is 0.932. The lowest BCUT2D eigenvalue weighted by atomic mass is 10.1. The number of aryl methyl sites for hydroxylation is 2. The molecule has 0 radical (unpaired) electrons. The summed E-state index contributed by atoms with van der Waals surface area (Å²) in [5.41, 5.74) is 0.648. The molecule has 0 spiro atoms. The van der Waals surface area contributed by atoms with Crippen molar-refractivity contribution in [2.75, 3.05) is 5.75 Å². The van der Waals surface area contributed by atoms with Crippen LogP contribution in [-0.2, 0) is 4.79 Å². The maximum Gasteiger partial charge on any atom is 0.327 e. The Morgan fingerprint density at radius 1 is 1.47 bits per heavy atom. The monoisotopic (exact) mass is 299 g/mol. The number of amides is 1. The van der Waals surface area contributed by atoms with E-state index in [-0.39, 0.29) is 11.3 Å². The van der Waals surface area contributed by atoms with Gasteiger partial charge in [0.2, 0.25) is 0 Å². The number of nitrogens with zero attached hydrogens (tertiary/aromatic N) is 1. The molecule has 0 saturated carbocycles. The predicted molar refractivity (Wildman–Crippen MR) is 77.9 cm³/mol. The summed E-state index contributed by atoms with van der Waals surface area (Å²) in [4.78, 5) is 27.5. The molecule has 1 fully saturated rings. The smallest absolute Gasteiger partial charge is 0.327 e.